The van der Waals surface area contributed by atoms with Crippen molar-refractivity contribution in [3.63, 3.8) is 0 Å². The molecule has 0 aliphatic carbocycles. The predicted octanol–water partition coefficient (Wildman–Crippen LogP) is 4.84. The highest BCUT2D eigenvalue weighted by Crippen LogP contribution is 2.26. The van der Waals surface area contributed by atoms with Crippen molar-refractivity contribution in [3.05, 3.63) is 51.7 Å². The zero-order valence-electron chi connectivity index (χ0n) is 10.2. The Hall–Kier alpha value is -0.480. The fourth-order valence-corrected chi connectivity index (χ4v) is 3.52. The van der Waals surface area contributed by atoms with E-state index < -0.39 is 0 Å². The van der Waals surface area contributed by atoms with Gasteiger partial charge in [0.1, 0.15) is 0 Å². The van der Waals surface area contributed by atoms with Crippen LogP contribution in [0, 0.1) is 0 Å². The van der Waals surface area contributed by atoms with Crippen molar-refractivity contribution in [2.45, 2.75) is 17.9 Å². The largest absolute Gasteiger partial charge is 0.309 e. The van der Waals surface area contributed by atoms with Crippen molar-refractivity contribution in [3.8, 4) is 0 Å². The van der Waals surface area contributed by atoms with Gasteiger partial charge in [-0.3, -0.25) is 0 Å². The molecule has 1 N–H and O–H groups in total. The standard InChI is InChI=1S/C14H16ClNS2/c1-11(13-7-8-14(15)18-13)16-9-10-17-12-5-3-2-4-6-12/h2-8,11,16H,9-10H2,1H3. The molecule has 0 aliphatic heterocycles. The Morgan fingerprint density at radius 3 is 2.67 bits per heavy atom. The van der Waals surface area contributed by atoms with Crippen molar-refractivity contribution < 1.29 is 0 Å². The summed E-state index contributed by atoms with van der Waals surface area (Å²) in [6, 6.07) is 14.9. The molecule has 0 radical (unpaired) electrons. The third kappa shape index (κ3) is 4.32. The van der Waals surface area contributed by atoms with E-state index in [1.165, 1.54) is 9.77 Å². The van der Waals surface area contributed by atoms with Crippen molar-refractivity contribution in [2.24, 2.45) is 0 Å². The van der Waals surface area contributed by atoms with Gasteiger partial charge < -0.3 is 5.32 Å². The van der Waals surface area contributed by atoms with E-state index in [1.807, 2.05) is 23.9 Å². The van der Waals surface area contributed by atoms with Crippen molar-refractivity contribution >= 4 is 34.7 Å². The molecule has 1 unspecified atom stereocenters. The van der Waals surface area contributed by atoms with Crippen molar-refractivity contribution in [1.82, 2.24) is 5.32 Å². The third-order valence-corrected chi connectivity index (χ3v) is 5.01. The monoisotopic (exact) mass is 297 g/mol. The summed E-state index contributed by atoms with van der Waals surface area (Å²) in [7, 11) is 0. The number of hydrogen-bond donors (Lipinski definition) is 1. The molecule has 18 heavy (non-hydrogen) atoms. The first-order chi connectivity index (χ1) is 8.75. The SMILES string of the molecule is CC(NCCSc1ccccc1)c1ccc(Cl)s1. The summed E-state index contributed by atoms with van der Waals surface area (Å²) in [5.74, 6) is 1.08. The van der Waals surface area contributed by atoms with Gasteiger partial charge in [-0.2, -0.15) is 0 Å². The molecule has 0 amide bonds. The summed E-state index contributed by atoms with van der Waals surface area (Å²) in [6.45, 7) is 3.17. The second kappa shape index (κ2) is 7.19. The summed E-state index contributed by atoms with van der Waals surface area (Å²) in [6.07, 6.45) is 0. The Morgan fingerprint density at radius 2 is 2.00 bits per heavy atom. The van der Waals surface area contributed by atoms with Crippen LogP contribution in [0.3, 0.4) is 0 Å². The normalized spacial score (nSPS) is 12.6. The maximum Gasteiger partial charge on any atom is 0.0931 e. The van der Waals surface area contributed by atoms with E-state index in [4.69, 9.17) is 11.6 Å². The number of thioether (sulfide) groups is 1. The molecule has 0 fully saturated rings. The number of nitrogens with one attached hydrogen (secondary N) is 1. The molecule has 0 saturated carbocycles. The van der Waals surface area contributed by atoms with Gasteiger partial charge in [0.2, 0.25) is 0 Å². The van der Waals surface area contributed by atoms with Gasteiger partial charge >= 0.3 is 0 Å². The smallest absolute Gasteiger partial charge is 0.0931 e. The van der Waals surface area contributed by atoms with Gasteiger partial charge in [0.15, 0.2) is 0 Å². The van der Waals surface area contributed by atoms with Gasteiger partial charge in [-0.25, -0.2) is 0 Å². The minimum atomic E-state index is 0.374. The lowest BCUT2D eigenvalue weighted by molar-refractivity contribution is 0.610. The third-order valence-electron chi connectivity index (χ3n) is 2.59. The Balaban J connectivity index is 1.69. The van der Waals surface area contributed by atoms with Crippen LogP contribution >= 0.6 is 34.7 Å². The molecule has 1 aromatic heterocycles. The number of rotatable bonds is 6. The Kier molecular flexibility index (Phi) is 5.57. The molecular weight excluding hydrogens is 282 g/mol. The van der Waals surface area contributed by atoms with Gasteiger partial charge in [-0.05, 0) is 31.2 Å². The van der Waals surface area contributed by atoms with Crippen molar-refractivity contribution in [2.75, 3.05) is 12.3 Å². The average Bonchev–Trinajstić information content (AvgIpc) is 2.82. The van der Waals surface area contributed by atoms with E-state index in [9.17, 15) is 0 Å². The number of halogens is 1. The highest BCUT2D eigenvalue weighted by atomic mass is 35.5. The summed E-state index contributed by atoms with van der Waals surface area (Å²) >= 11 is 9.46. The predicted molar refractivity (Wildman–Crippen MR) is 82.9 cm³/mol. The molecule has 0 saturated heterocycles. The average molecular weight is 298 g/mol. The van der Waals surface area contributed by atoms with E-state index in [2.05, 4.69) is 42.6 Å². The van der Waals surface area contributed by atoms with E-state index >= 15 is 0 Å². The molecule has 1 heterocycles. The first-order valence-corrected chi connectivity index (χ1v) is 8.10. The van der Waals surface area contributed by atoms with Crippen molar-refractivity contribution in [1.29, 1.82) is 0 Å². The lowest BCUT2D eigenvalue weighted by atomic mass is 10.3. The van der Waals surface area contributed by atoms with Gasteiger partial charge in [-0.1, -0.05) is 29.8 Å². The Bertz CT molecular complexity index is 470. The summed E-state index contributed by atoms with van der Waals surface area (Å²) in [5, 5.41) is 3.51. The highest BCUT2D eigenvalue weighted by Gasteiger charge is 2.06. The van der Waals surface area contributed by atoms with Gasteiger partial charge in [0.25, 0.3) is 0 Å². The second-order valence-corrected chi connectivity index (χ2v) is 6.89. The van der Waals surface area contributed by atoms with Crippen LogP contribution in [0.4, 0.5) is 0 Å². The van der Waals surface area contributed by atoms with E-state index in [-0.39, 0.29) is 0 Å². The fourth-order valence-electron chi connectivity index (χ4n) is 1.62. The molecule has 0 aliphatic rings. The molecular formula is C14H16ClNS2. The molecule has 2 aromatic rings. The van der Waals surface area contributed by atoms with Gasteiger partial charge in [0.05, 0.1) is 4.34 Å². The van der Waals surface area contributed by atoms with Gasteiger partial charge in [0, 0.05) is 28.1 Å². The van der Waals surface area contributed by atoms with E-state index in [0.717, 1.165) is 16.6 Å². The van der Waals surface area contributed by atoms with Crippen LogP contribution in [0.15, 0.2) is 47.4 Å². The lowest BCUT2D eigenvalue weighted by Gasteiger charge is -2.11. The van der Waals surface area contributed by atoms with E-state index in [0.29, 0.717) is 6.04 Å². The molecule has 0 bridgehead atoms. The first-order valence-electron chi connectivity index (χ1n) is 5.92. The van der Waals surface area contributed by atoms with Gasteiger partial charge in [-0.15, -0.1) is 23.1 Å². The Labute approximate surface area is 122 Å². The second-order valence-electron chi connectivity index (χ2n) is 3.98. The van der Waals surface area contributed by atoms with Crippen LogP contribution < -0.4 is 5.32 Å². The minimum absolute atomic E-state index is 0.374. The summed E-state index contributed by atoms with van der Waals surface area (Å²) < 4.78 is 0.859. The zero-order valence-corrected chi connectivity index (χ0v) is 12.6. The zero-order chi connectivity index (χ0) is 12.8. The maximum absolute atomic E-state index is 5.93. The first kappa shape index (κ1) is 13.9. The summed E-state index contributed by atoms with van der Waals surface area (Å²) in [4.78, 5) is 2.62. The molecule has 4 heteroatoms. The molecule has 1 atom stereocenters. The number of thiophene rings is 1. The molecule has 0 spiro atoms. The highest BCUT2D eigenvalue weighted by molar-refractivity contribution is 7.99. The molecule has 1 nitrogen and oxygen atoms in total. The maximum atomic E-state index is 5.93. The Morgan fingerprint density at radius 1 is 1.22 bits per heavy atom. The molecule has 1 aromatic carbocycles. The van der Waals surface area contributed by atoms with Crippen LogP contribution in [-0.2, 0) is 0 Å². The lowest BCUT2D eigenvalue weighted by Crippen LogP contribution is -2.20. The molecule has 2 rings (SSSR count). The van der Waals surface area contributed by atoms with E-state index in [1.54, 1.807) is 11.3 Å². The van der Waals surface area contributed by atoms with Crippen LogP contribution in [0.2, 0.25) is 4.34 Å². The van der Waals surface area contributed by atoms with Crippen LogP contribution in [0.5, 0.6) is 0 Å². The summed E-state index contributed by atoms with van der Waals surface area (Å²) in [5.41, 5.74) is 0. The van der Waals surface area contributed by atoms with Crippen LogP contribution in [0.25, 0.3) is 0 Å². The number of benzene rings is 1. The molecule has 96 valence electrons. The quantitative estimate of drug-likeness (QED) is 0.604. The number of hydrogen-bond acceptors (Lipinski definition) is 3. The van der Waals surface area contributed by atoms with Crippen LogP contribution in [0.1, 0.15) is 17.8 Å². The minimum Gasteiger partial charge on any atom is -0.309 e. The topological polar surface area (TPSA) is 12.0 Å². The fraction of sp³-hybridized carbons (Fsp3) is 0.286. The van der Waals surface area contributed by atoms with Crippen LogP contribution in [-0.4, -0.2) is 12.3 Å².